The van der Waals surface area contributed by atoms with Crippen LogP contribution in [0, 0.1) is 6.92 Å². The number of rotatable bonds is 4. The molecule has 5 nitrogen and oxygen atoms in total. The number of hydrogen-bond acceptors (Lipinski definition) is 4. The Morgan fingerprint density at radius 3 is 2.33 bits per heavy atom. The molecule has 0 fully saturated rings. The van der Waals surface area contributed by atoms with Crippen molar-refractivity contribution in [2.45, 2.75) is 13.3 Å². The molecule has 18 heavy (non-hydrogen) atoms. The molecule has 2 rings (SSSR count). The monoisotopic (exact) mass is 243 g/mol. The van der Waals surface area contributed by atoms with E-state index in [1.807, 2.05) is 19.1 Å². The van der Waals surface area contributed by atoms with Crippen LogP contribution in [0.3, 0.4) is 0 Å². The van der Waals surface area contributed by atoms with Gasteiger partial charge in [0.05, 0.1) is 35.9 Å². The SMILES string of the molecule is Cc1ccc(Nc2ccc(CC(=O)O)nc2)cn1. The topological polar surface area (TPSA) is 75.1 Å². The minimum absolute atomic E-state index is 0.0631. The highest BCUT2D eigenvalue weighted by atomic mass is 16.4. The number of aliphatic carboxylic acids is 1. The van der Waals surface area contributed by atoms with Crippen molar-refractivity contribution in [1.82, 2.24) is 9.97 Å². The predicted molar refractivity (Wildman–Crippen MR) is 67.8 cm³/mol. The van der Waals surface area contributed by atoms with E-state index >= 15 is 0 Å². The van der Waals surface area contributed by atoms with Gasteiger partial charge in [-0.1, -0.05) is 0 Å². The summed E-state index contributed by atoms with van der Waals surface area (Å²) >= 11 is 0. The van der Waals surface area contributed by atoms with Gasteiger partial charge < -0.3 is 10.4 Å². The van der Waals surface area contributed by atoms with Crippen molar-refractivity contribution in [3.63, 3.8) is 0 Å². The van der Waals surface area contributed by atoms with Crippen LogP contribution >= 0.6 is 0 Å². The molecule has 5 heteroatoms. The van der Waals surface area contributed by atoms with Gasteiger partial charge in [-0.25, -0.2) is 0 Å². The zero-order valence-electron chi connectivity index (χ0n) is 9.92. The van der Waals surface area contributed by atoms with E-state index in [2.05, 4.69) is 15.3 Å². The van der Waals surface area contributed by atoms with Crippen molar-refractivity contribution in [2.24, 2.45) is 0 Å². The number of pyridine rings is 2. The molecule has 92 valence electrons. The molecule has 0 aliphatic carbocycles. The molecule has 2 N–H and O–H groups in total. The van der Waals surface area contributed by atoms with Crippen molar-refractivity contribution in [3.8, 4) is 0 Å². The lowest BCUT2D eigenvalue weighted by Crippen LogP contribution is -2.02. The highest BCUT2D eigenvalue weighted by molar-refractivity contribution is 5.69. The maximum Gasteiger partial charge on any atom is 0.309 e. The van der Waals surface area contributed by atoms with Crippen LogP contribution in [-0.4, -0.2) is 21.0 Å². The fraction of sp³-hybridized carbons (Fsp3) is 0.154. The average Bonchev–Trinajstić information content (AvgIpc) is 2.34. The molecule has 0 aliphatic rings. The van der Waals surface area contributed by atoms with Crippen molar-refractivity contribution < 1.29 is 9.90 Å². The lowest BCUT2D eigenvalue weighted by molar-refractivity contribution is -0.136. The van der Waals surface area contributed by atoms with Crippen LogP contribution in [0.15, 0.2) is 36.7 Å². The normalized spacial score (nSPS) is 10.1. The Bertz CT molecular complexity index is 535. The molecule has 0 atom stereocenters. The fourth-order valence-corrected chi connectivity index (χ4v) is 1.47. The highest BCUT2D eigenvalue weighted by Crippen LogP contribution is 2.15. The van der Waals surface area contributed by atoms with Crippen LogP contribution in [0.25, 0.3) is 0 Å². The first-order valence-corrected chi connectivity index (χ1v) is 5.50. The van der Waals surface area contributed by atoms with E-state index in [-0.39, 0.29) is 6.42 Å². The summed E-state index contributed by atoms with van der Waals surface area (Å²) in [5, 5.41) is 11.8. The fourth-order valence-electron chi connectivity index (χ4n) is 1.47. The van der Waals surface area contributed by atoms with Crippen LogP contribution < -0.4 is 5.32 Å². The van der Waals surface area contributed by atoms with Crippen molar-refractivity contribution in [1.29, 1.82) is 0 Å². The number of aromatic nitrogens is 2. The van der Waals surface area contributed by atoms with Gasteiger partial charge in [0.15, 0.2) is 0 Å². The van der Waals surface area contributed by atoms with E-state index in [1.54, 1.807) is 24.5 Å². The molecular formula is C13H13N3O2. The van der Waals surface area contributed by atoms with Crippen molar-refractivity contribution in [3.05, 3.63) is 48.0 Å². The van der Waals surface area contributed by atoms with Crippen LogP contribution in [0.4, 0.5) is 11.4 Å². The molecule has 2 heterocycles. The number of hydrogen-bond donors (Lipinski definition) is 2. The van der Waals surface area contributed by atoms with Gasteiger partial charge in [-0.2, -0.15) is 0 Å². The molecule has 0 aliphatic heterocycles. The molecule has 0 bridgehead atoms. The second-order valence-electron chi connectivity index (χ2n) is 3.92. The van der Waals surface area contributed by atoms with E-state index in [0.29, 0.717) is 5.69 Å². The molecular weight excluding hydrogens is 230 g/mol. The largest absolute Gasteiger partial charge is 0.481 e. The molecule has 0 radical (unpaired) electrons. The predicted octanol–water partition coefficient (Wildman–Crippen LogP) is 2.16. The minimum atomic E-state index is -0.883. The smallest absolute Gasteiger partial charge is 0.309 e. The molecule has 0 unspecified atom stereocenters. The van der Waals surface area contributed by atoms with Crippen LogP contribution in [0.2, 0.25) is 0 Å². The van der Waals surface area contributed by atoms with Crippen LogP contribution in [0.1, 0.15) is 11.4 Å². The molecule has 2 aromatic rings. The Balaban J connectivity index is 2.06. The van der Waals surface area contributed by atoms with E-state index in [9.17, 15) is 4.79 Å². The summed E-state index contributed by atoms with van der Waals surface area (Å²) in [6.07, 6.45) is 3.28. The lowest BCUT2D eigenvalue weighted by atomic mass is 10.2. The number of aryl methyl sites for hydroxylation is 1. The summed E-state index contributed by atoms with van der Waals surface area (Å²) < 4.78 is 0. The molecule has 0 spiro atoms. The Kier molecular flexibility index (Phi) is 3.52. The molecule has 2 aromatic heterocycles. The maximum atomic E-state index is 10.5. The van der Waals surface area contributed by atoms with E-state index < -0.39 is 5.97 Å². The Labute approximate surface area is 105 Å². The summed E-state index contributed by atoms with van der Waals surface area (Å²) in [5.74, 6) is -0.883. The Hall–Kier alpha value is -2.43. The summed E-state index contributed by atoms with van der Waals surface area (Å²) in [4.78, 5) is 18.8. The number of carboxylic acid groups (broad SMARTS) is 1. The van der Waals surface area contributed by atoms with E-state index in [1.165, 1.54) is 0 Å². The van der Waals surface area contributed by atoms with Gasteiger partial charge in [0.1, 0.15) is 0 Å². The Morgan fingerprint density at radius 2 is 1.83 bits per heavy atom. The van der Waals surface area contributed by atoms with Gasteiger partial charge in [-0.15, -0.1) is 0 Å². The van der Waals surface area contributed by atoms with E-state index in [0.717, 1.165) is 17.1 Å². The Morgan fingerprint density at radius 1 is 1.17 bits per heavy atom. The third-order valence-corrected chi connectivity index (χ3v) is 2.36. The van der Waals surface area contributed by atoms with Gasteiger partial charge >= 0.3 is 5.97 Å². The summed E-state index contributed by atoms with van der Waals surface area (Å²) in [6, 6.07) is 7.32. The number of carboxylic acids is 1. The standard InChI is InChI=1S/C13H13N3O2/c1-9-2-3-11(7-14-9)16-12-5-4-10(15-8-12)6-13(17)18/h2-5,7-8,16H,6H2,1H3,(H,17,18). The second kappa shape index (κ2) is 5.27. The van der Waals surface area contributed by atoms with Gasteiger partial charge in [0.25, 0.3) is 0 Å². The zero-order chi connectivity index (χ0) is 13.0. The lowest BCUT2D eigenvalue weighted by Gasteiger charge is -2.06. The zero-order valence-corrected chi connectivity index (χ0v) is 9.92. The van der Waals surface area contributed by atoms with Crippen LogP contribution in [-0.2, 0) is 11.2 Å². The number of anilines is 2. The quantitative estimate of drug-likeness (QED) is 0.860. The minimum Gasteiger partial charge on any atom is -0.481 e. The van der Waals surface area contributed by atoms with Gasteiger partial charge in [0.2, 0.25) is 0 Å². The molecule has 0 saturated carbocycles. The van der Waals surface area contributed by atoms with Crippen molar-refractivity contribution in [2.75, 3.05) is 5.32 Å². The molecule has 0 amide bonds. The third-order valence-electron chi connectivity index (χ3n) is 2.36. The summed E-state index contributed by atoms with van der Waals surface area (Å²) in [5.41, 5.74) is 3.16. The first kappa shape index (κ1) is 12.0. The van der Waals surface area contributed by atoms with Gasteiger partial charge in [0, 0.05) is 5.69 Å². The van der Waals surface area contributed by atoms with Crippen molar-refractivity contribution >= 4 is 17.3 Å². The van der Waals surface area contributed by atoms with Crippen LogP contribution in [0.5, 0.6) is 0 Å². The first-order valence-electron chi connectivity index (χ1n) is 5.50. The molecule has 0 aromatic carbocycles. The third kappa shape index (κ3) is 3.28. The first-order chi connectivity index (χ1) is 8.63. The maximum absolute atomic E-state index is 10.5. The molecule has 0 saturated heterocycles. The second-order valence-corrected chi connectivity index (χ2v) is 3.92. The van der Waals surface area contributed by atoms with Gasteiger partial charge in [-0.05, 0) is 31.2 Å². The average molecular weight is 243 g/mol. The summed E-state index contributed by atoms with van der Waals surface area (Å²) in [7, 11) is 0. The number of nitrogens with one attached hydrogen (secondary N) is 1. The highest BCUT2D eigenvalue weighted by Gasteiger charge is 2.02. The summed E-state index contributed by atoms with van der Waals surface area (Å²) in [6.45, 7) is 1.92. The number of nitrogens with zero attached hydrogens (tertiary/aromatic N) is 2. The van der Waals surface area contributed by atoms with Gasteiger partial charge in [-0.3, -0.25) is 14.8 Å². The number of carbonyl (C=O) groups is 1. The van der Waals surface area contributed by atoms with E-state index in [4.69, 9.17) is 5.11 Å².